The minimum atomic E-state index is -0.504. The zero-order valence-electron chi connectivity index (χ0n) is 11.1. The lowest BCUT2D eigenvalue weighted by molar-refractivity contribution is -0.385. The highest BCUT2D eigenvalue weighted by molar-refractivity contribution is 6.30. The number of aryl methyl sites for hydroxylation is 1. The number of nitro groups is 1. The molecular weight excluding hydrogens is 294 g/mol. The van der Waals surface area contributed by atoms with E-state index in [0.717, 1.165) is 0 Å². The van der Waals surface area contributed by atoms with Crippen LogP contribution in [0.3, 0.4) is 0 Å². The molecule has 0 saturated heterocycles. The quantitative estimate of drug-likeness (QED) is 0.658. The number of rotatable bonds is 3. The zero-order valence-corrected chi connectivity index (χ0v) is 11.8. The Kier molecular flexibility index (Phi) is 4.39. The van der Waals surface area contributed by atoms with Crippen molar-refractivity contribution in [2.75, 3.05) is 10.6 Å². The lowest BCUT2D eigenvalue weighted by Crippen LogP contribution is -2.19. The van der Waals surface area contributed by atoms with Crippen LogP contribution >= 0.6 is 11.6 Å². The molecule has 0 bridgehead atoms. The lowest BCUT2D eigenvalue weighted by atomic mass is 10.2. The molecule has 0 unspecified atom stereocenters. The molecular formula is C14H12ClN3O3. The molecule has 0 aliphatic carbocycles. The average molecular weight is 306 g/mol. The number of hydrogen-bond donors (Lipinski definition) is 2. The summed E-state index contributed by atoms with van der Waals surface area (Å²) in [6, 6.07) is 10.7. The first-order chi connectivity index (χ1) is 9.95. The summed E-state index contributed by atoms with van der Waals surface area (Å²) in [5.41, 5.74) is 1.35. The van der Waals surface area contributed by atoms with Crippen LogP contribution in [0.15, 0.2) is 42.5 Å². The Balaban J connectivity index is 2.09. The van der Waals surface area contributed by atoms with E-state index in [2.05, 4.69) is 10.6 Å². The smallest absolute Gasteiger partial charge is 0.308 e. The van der Waals surface area contributed by atoms with Crippen LogP contribution < -0.4 is 10.6 Å². The fourth-order valence-corrected chi connectivity index (χ4v) is 1.93. The first-order valence-corrected chi connectivity index (χ1v) is 6.42. The maximum atomic E-state index is 11.8. The van der Waals surface area contributed by atoms with Gasteiger partial charge in [0.05, 0.1) is 4.92 Å². The fourth-order valence-electron chi connectivity index (χ4n) is 1.74. The second-order valence-corrected chi connectivity index (χ2v) is 4.78. The normalized spacial score (nSPS) is 10.0. The van der Waals surface area contributed by atoms with Crippen LogP contribution in [0.2, 0.25) is 5.02 Å². The SMILES string of the molecule is Cc1ccc(NC(=O)Nc2cccc(Cl)c2)cc1[N+](=O)[O-]. The van der Waals surface area contributed by atoms with Crippen LogP contribution in [-0.4, -0.2) is 11.0 Å². The summed E-state index contributed by atoms with van der Waals surface area (Å²) in [7, 11) is 0. The largest absolute Gasteiger partial charge is 0.323 e. The van der Waals surface area contributed by atoms with Crippen molar-refractivity contribution < 1.29 is 9.72 Å². The van der Waals surface area contributed by atoms with Crippen molar-refractivity contribution in [2.24, 2.45) is 0 Å². The van der Waals surface area contributed by atoms with Crippen LogP contribution in [0, 0.1) is 17.0 Å². The molecule has 2 aromatic carbocycles. The number of carbonyl (C=O) groups excluding carboxylic acids is 1. The van der Waals surface area contributed by atoms with Crippen LogP contribution in [0.1, 0.15) is 5.56 Å². The predicted octanol–water partition coefficient (Wildman–Crippen LogP) is 4.20. The first-order valence-electron chi connectivity index (χ1n) is 6.04. The molecule has 0 aromatic heterocycles. The third-order valence-electron chi connectivity index (χ3n) is 2.75. The van der Waals surface area contributed by atoms with Crippen molar-refractivity contribution in [3.63, 3.8) is 0 Å². The van der Waals surface area contributed by atoms with Crippen molar-refractivity contribution in [3.8, 4) is 0 Å². The van der Waals surface area contributed by atoms with Gasteiger partial charge in [0, 0.05) is 28.0 Å². The highest BCUT2D eigenvalue weighted by Gasteiger charge is 2.12. The van der Waals surface area contributed by atoms with Gasteiger partial charge in [0.1, 0.15) is 0 Å². The molecule has 21 heavy (non-hydrogen) atoms. The van der Waals surface area contributed by atoms with Crippen LogP contribution in [-0.2, 0) is 0 Å². The van der Waals surface area contributed by atoms with E-state index >= 15 is 0 Å². The number of amides is 2. The van der Waals surface area contributed by atoms with Gasteiger partial charge in [-0.05, 0) is 31.2 Å². The summed E-state index contributed by atoms with van der Waals surface area (Å²) >= 11 is 5.81. The van der Waals surface area contributed by atoms with E-state index in [-0.39, 0.29) is 5.69 Å². The second kappa shape index (κ2) is 6.23. The number of nitro benzene ring substituents is 1. The Morgan fingerprint density at radius 3 is 2.43 bits per heavy atom. The van der Waals surface area contributed by atoms with Crippen LogP contribution in [0.5, 0.6) is 0 Å². The van der Waals surface area contributed by atoms with Gasteiger partial charge in [-0.15, -0.1) is 0 Å². The van der Waals surface area contributed by atoms with E-state index in [9.17, 15) is 14.9 Å². The van der Waals surface area contributed by atoms with Gasteiger partial charge in [0.15, 0.2) is 0 Å². The van der Waals surface area contributed by atoms with Crippen molar-refractivity contribution in [3.05, 3.63) is 63.2 Å². The summed E-state index contributed by atoms with van der Waals surface area (Å²) in [5, 5.41) is 16.5. The summed E-state index contributed by atoms with van der Waals surface area (Å²) in [6.07, 6.45) is 0. The van der Waals surface area contributed by atoms with Gasteiger partial charge >= 0.3 is 6.03 Å². The van der Waals surface area contributed by atoms with Gasteiger partial charge in [-0.1, -0.05) is 23.7 Å². The fraction of sp³-hybridized carbons (Fsp3) is 0.0714. The van der Waals surface area contributed by atoms with Gasteiger partial charge in [-0.3, -0.25) is 10.1 Å². The number of halogens is 1. The Labute approximate surface area is 125 Å². The molecule has 7 heteroatoms. The van der Waals surface area contributed by atoms with Gasteiger partial charge in [-0.25, -0.2) is 4.79 Å². The minimum absolute atomic E-state index is 0.0458. The summed E-state index contributed by atoms with van der Waals surface area (Å²) < 4.78 is 0. The number of hydrogen-bond acceptors (Lipinski definition) is 3. The molecule has 0 spiro atoms. The number of carbonyl (C=O) groups is 1. The lowest BCUT2D eigenvalue weighted by Gasteiger charge is -2.08. The molecule has 2 rings (SSSR count). The molecule has 0 aliphatic heterocycles. The molecule has 0 aliphatic rings. The number of urea groups is 1. The third kappa shape index (κ3) is 3.93. The summed E-state index contributed by atoms with van der Waals surface area (Å²) in [6.45, 7) is 1.63. The van der Waals surface area contributed by atoms with Crippen LogP contribution in [0.25, 0.3) is 0 Å². The van der Waals surface area contributed by atoms with Gasteiger partial charge in [0.2, 0.25) is 0 Å². The van der Waals surface area contributed by atoms with Gasteiger partial charge in [-0.2, -0.15) is 0 Å². The monoisotopic (exact) mass is 305 g/mol. The second-order valence-electron chi connectivity index (χ2n) is 4.35. The summed E-state index contributed by atoms with van der Waals surface area (Å²) in [5.74, 6) is 0. The van der Waals surface area contributed by atoms with Gasteiger partial charge < -0.3 is 10.6 Å². The number of nitrogens with one attached hydrogen (secondary N) is 2. The van der Waals surface area contributed by atoms with E-state index in [0.29, 0.717) is 22.0 Å². The molecule has 0 heterocycles. The summed E-state index contributed by atoms with van der Waals surface area (Å²) in [4.78, 5) is 22.2. The van der Waals surface area contributed by atoms with E-state index in [1.54, 1.807) is 43.3 Å². The highest BCUT2D eigenvalue weighted by atomic mass is 35.5. The Morgan fingerprint density at radius 2 is 1.81 bits per heavy atom. The van der Waals surface area contributed by atoms with E-state index in [4.69, 9.17) is 11.6 Å². The number of nitrogens with zero attached hydrogens (tertiary/aromatic N) is 1. The topological polar surface area (TPSA) is 84.3 Å². The standard InChI is InChI=1S/C14H12ClN3O3/c1-9-5-6-12(8-13(9)18(20)21)17-14(19)16-11-4-2-3-10(15)7-11/h2-8H,1H3,(H2,16,17,19). The molecule has 6 nitrogen and oxygen atoms in total. The molecule has 2 aromatic rings. The predicted molar refractivity (Wildman–Crippen MR) is 81.9 cm³/mol. The molecule has 2 amide bonds. The third-order valence-corrected chi connectivity index (χ3v) is 2.98. The molecule has 0 saturated carbocycles. The number of benzene rings is 2. The first kappa shape index (κ1) is 14.8. The van der Waals surface area contributed by atoms with E-state index in [1.165, 1.54) is 6.07 Å². The Hall–Kier alpha value is -2.60. The van der Waals surface area contributed by atoms with E-state index in [1.807, 2.05) is 0 Å². The van der Waals surface area contributed by atoms with E-state index < -0.39 is 11.0 Å². The molecule has 0 fully saturated rings. The Bertz CT molecular complexity index is 704. The molecule has 108 valence electrons. The molecule has 2 N–H and O–H groups in total. The van der Waals surface area contributed by atoms with Crippen molar-refractivity contribution in [1.82, 2.24) is 0 Å². The average Bonchev–Trinajstić information content (AvgIpc) is 2.40. The molecule has 0 atom stereocenters. The van der Waals surface area contributed by atoms with Gasteiger partial charge in [0.25, 0.3) is 5.69 Å². The molecule has 0 radical (unpaired) electrons. The zero-order chi connectivity index (χ0) is 15.4. The minimum Gasteiger partial charge on any atom is -0.308 e. The number of anilines is 2. The van der Waals surface area contributed by atoms with Crippen molar-refractivity contribution in [1.29, 1.82) is 0 Å². The highest BCUT2D eigenvalue weighted by Crippen LogP contribution is 2.22. The maximum Gasteiger partial charge on any atom is 0.323 e. The van der Waals surface area contributed by atoms with Crippen LogP contribution in [0.4, 0.5) is 21.9 Å². The van der Waals surface area contributed by atoms with Crippen molar-refractivity contribution >= 4 is 34.7 Å². The van der Waals surface area contributed by atoms with Crippen molar-refractivity contribution in [2.45, 2.75) is 6.92 Å². The Morgan fingerprint density at radius 1 is 1.14 bits per heavy atom. The maximum absolute atomic E-state index is 11.8.